The molecule has 0 saturated heterocycles. The van der Waals surface area contributed by atoms with Gasteiger partial charge in [-0.15, -0.1) is 0 Å². The predicted octanol–water partition coefficient (Wildman–Crippen LogP) is 5.72. The van der Waals surface area contributed by atoms with Crippen molar-refractivity contribution in [1.29, 1.82) is 5.26 Å². The van der Waals surface area contributed by atoms with E-state index in [-0.39, 0.29) is 23.7 Å². The van der Waals surface area contributed by atoms with Crippen LogP contribution in [-0.4, -0.2) is 16.0 Å². The number of benzene rings is 3. The van der Waals surface area contributed by atoms with Crippen molar-refractivity contribution >= 4 is 11.5 Å². The third-order valence-corrected chi connectivity index (χ3v) is 5.70. The topological polar surface area (TPSA) is 106 Å². The highest BCUT2D eigenvalue weighted by molar-refractivity contribution is 5.97. The molecule has 0 aromatic heterocycles. The Kier molecular flexibility index (Phi) is 5.57. The maximum atomic E-state index is 13.3. The molecule has 0 amide bonds. The summed E-state index contributed by atoms with van der Waals surface area (Å²) in [6.45, 7) is 1.99. The van der Waals surface area contributed by atoms with E-state index in [2.05, 4.69) is 16.3 Å². The minimum absolute atomic E-state index is 0.0535. The van der Waals surface area contributed by atoms with Gasteiger partial charge in [0.1, 0.15) is 17.0 Å². The summed E-state index contributed by atoms with van der Waals surface area (Å²) in [5.74, 6) is 0.153. The van der Waals surface area contributed by atoms with Gasteiger partial charge in [-0.25, -0.2) is 0 Å². The van der Waals surface area contributed by atoms with E-state index in [9.17, 15) is 15.0 Å². The smallest absolute Gasteiger partial charge is 0.166 e. The first-order valence-electron chi connectivity index (χ1n) is 10.3. The Bertz CT molecular complexity index is 1250. The molecule has 2 N–H and O–H groups in total. The van der Waals surface area contributed by atoms with Crippen molar-refractivity contribution < 1.29 is 15.0 Å². The van der Waals surface area contributed by atoms with Crippen LogP contribution in [-0.2, 0) is 5.54 Å². The molecule has 0 spiro atoms. The van der Waals surface area contributed by atoms with E-state index in [1.54, 1.807) is 72.8 Å². The third-order valence-electron chi connectivity index (χ3n) is 5.70. The zero-order valence-electron chi connectivity index (χ0n) is 17.5. The van der Waals surface area contributed by atoms with Gasteiger partial charge in [0.2, 0.25) is 0 Å². The number of phenolic OH excluding ortho intramolecular Hbond substituents is 2. The Morgan fingerprint density at radius 2 is 1.53 bits per heavy atom. The van der Waals surface area contributed by atoms with Crippen molar-refractivity contribution in [2.45, 2.75) is 25.3 Å². The molecular formula is C26H21N3O3. The summed E-state index contributed by atoms with van der Waals surface area (Å²) in [5.41, 5.74) is 3.08. The molecule has 0 radical (unpaired) electrons. The zero-order valence-corrected chi connectivity index (χ0v) is 17.5. The number of hydrogen-bond acceptors (Lipinski definition) is 6. The second-order valence-corrected chi connectivity index (χ2v) is 7.62. The molecule has 3 aromatic carbocycles. The Balaban J connectivity index is 1.82. The van der Waals surface area contributed by atoms with Crippen LogP contribution in [0.15, 0.2) is 88.6 Å². The lowest BCUT2D eigenvalue weighted by molar-refractivity contribution is 0.0958. The number of hydrogen-bond donors (Lipinski definition) is 2. The lowest BCUT2D eigenvalue weighted by atomic mass is 9.76. The molecule has 1 aliphatic heterocycles. The van der Waals surface area contributed by atoms with E-state index >= 15 is 0 Å². The van der Waals surface area contributed by atoms with Crippen molar-refractivity contribution in [2.75, 3.05) is 0 Å². The number of carbonyl (C=O) groups excluding carboxylic acids is 1. The Hall–Kier alpha value is -4.24. The third kappa shape index (κ3) is 3.77. The molecule has 0 aliphatic carbocycles. The van der Waals surface area contributed by atoms with Gasteiger partial charge in [-0.2, -0.15) is 15.5 Å². The molecule has 32 heavy (non-hydrogen) atoms. The van der Waals surface area contributed by atoms with Crippen LogP contribution in [0.25, 0.3) is 5.70 Å². The molecule has 0 bridgehead atoms. The largest absolute Gasteiger partial charge is 0.508 e. The summed E-state index contributed by atoms with van der Waals surface area (Å²) in [5, 5.41) is 37.6. The fourth-order valence-electron chi connectivity index (χ4n) is 4.04. The number of rotatable bonds is 6. The first kappa shape index (κ1) is 21.0. The molecular weight excluding hydrogens is 402 g/mol. The van der Waals surface area contributed by atoms with Gasteiger partial charge < -0.3 is 10.2 Å². The summed E-state index contributed by atoms with van der Waals surface area (Å²) in [6, 6.07) is 22.0. The number of phenols is 2. The molecule has 0 saturated carbocycles. The van der Waals surface area contributed by atoms with Crippen molar-refractivity contribution in [3.05, 3.63) is 101 Å². The molecule has 0 fully saturated rings. The quantitative estimate of drug-likeness (QED) is 0.494. The van der Waals surface area contributed by atoms with E-state index in [1.165, 1.54) is 0 Å². The lowest BCUT2D eigenvalue weighted by Crippen LogP contribution is -2.28. The normalized spacial score (nSPS) is 17.4. The Morgan fingerprint density at radius 3 is 2.09 bits per heavy atom. The lowest BCUT2D eigenvalue weighted by Gasteiger charge is -2.28. The number of aromatic hydroxyl groups is 2. The summed E-state index contributed by atoms with van der Waals surface area (Å²) >= 11 is 0. The number of nitriles is 1. The van der Waals surface area contributed by atoms with Gasteiger partial charge >= 0.3 is 0 Å². The van der Waals surface area contributed by atoms with Gasteiger partial charge in [0, 0.05) is 17.5 Å². The monoisotopic (exact) mass is 423 g/mol. The van der Waals surface area contributed by atoms with Crippen molar-refractivity contribution in [2.24, 2.45) is 10.2 Å². The fraction of sp³-hybridized carbons (Fsp3) is 0.154. The van der Waals surface area contributed by atoms with Gasteiger partial charge in [0.15, 0.2) is 5.78 Å². The second kappa shape index (κ2) is 8.48. The fourth-order valence-corrected chi connectivity index (χ4v) is 4.04. The summed E-state index contributed by atoms with van der Waals surface area (Å²) in [6.07, 6.45) is 0.655. The minimum atomic E-state index is -1.01. The number of nitrogens with zero attached hydrogens (tertiary/aromatic N) is 3. The van der Waals surface area contributed by atoms with E-state index in [0.717, 1.165) is 16.7 Å². The standard InChI is InChI=1S/C26H21N3O3/c1-2-23-25(19-7-11-21(30)12-8-19)28-29-26(23,20-9-13-22(31)14-10-20)15-24(32)18-5-3-17(16-27)4-6-18/h3-14,30-31H,2,15H2,1H3. The van der Waals surface area contributed by atoms with Gasteiger partial charge in [-0.1, -0.05) is 31.2 Å². The second-order valence-electron chi connectivity index (χ2n) is 7.62. The van der Waals surface area contributed by atoms with Crippen LogP contribution in [0, 0.1) is 11.3 Å². The summed E-state index contributed by atoms with van der Waals surface area (Å²) < 4.78 is 0. The summed E-state index contributed by atoms with van der Waals surface area (Å²) in [7, 11) is 0. The predicted molar refractivity (Wildman–Crippen MR) is 120 cm³/mol. The van der Waals surface area contributed by atoms with Crippen molar-refractivity contribution in [3.8, 4) is 17.6 Å². The van der Waals surface area contributed by atoms with Crippen LogP contribution in [0.4, 0.5) is 0 Å². The average Bonchev–Trinajstić information content (AvgIpc) is 3.19. The molecule has 6 nitrogen and oxygen atoms in total. The van der Waals surface area contributed by atoms with Crippen LogP contribution >= 0.6 is 0 Å². The first-order chi connectivity index (χ1) is 15.5. The van der Waals surface area contributed by atoms with Gasteiger partial charge in [-0.05, 0) is 66.1 Å². The SMILES string of the molecule is CCC1=C(c2ccc(O)cc2)N=NC1(CC(=O)c1ccc(C#N)cc1)c1ccc(O)cc1. The zero-order chi connectivity index (χ0) is 22.7. The van der Waals surface area contributed by atoms with E-state index in [1.807, 2.05) is 6.92 Å². The Labute approximate surface area is 185 Å². The Morgan fingerprint density at radius 1 is 0.938 bits per heavy atom. The van der Waals surface area contributed by atoms with Crippen molar-refractivity contribution in [3.63, 3.8) is 0 Å². The number of Topliss-reactive ketones (excluding diaryl/α,β-unsaturated/α-hetero) is 1. The molecule has 1 unspecified atom stereocenters. The minimum Gasteiger partial charge on any atom is -0.508 e. The van der Waals surface area contributed by atoms with Gasteiger partial charge in [0.25, 0.3) is 0 Å². The molecule has 158 valence electrons. The first-order valence-corrected chi connectivity index (χ1v) is 10.3. The van der Waals surface area contributed by atoms with E-state index in [0.29, 0.717) is 23.2 Å². The molecule has 6 heteroatoms. The van der Waals surface area contributed by atoms with Gasteiger partial charge in [-0.3, -0.25) is 4.79 Å². The van der Waals surface area contributed by atoms with Crippen LogP contribution in [0.3, 0.4) is 0 Å². The highest BCUT2D eigenvalue weighted by atomic mass is 16.3. The molecule has 1 atom stereocenters. The average molecular weight is 423 g/mol. The number of azo groups is 1. The number of carbonyl (C=O) groups is 1. The maximum Gasteiger partial charge on any atom is 0.166 e. The van der Waals surface area contributed by atoms with E-state index in [4.69, 9.17) is 5.26 Å². The highest BCUT2D eigenvalue weighted by Gasteiger charge is 2.43. The van der Waals surface area contributed by atoms with Crippen LogP contribution in [0.2, 0.25) is 0 Å². The molecule has 3 aromatic rings. The van der Waals surface area contributed by atoms with Crippen LogP contribution in [0.1, 0.15) is 46.8 Å². The van der Waals surface area contributed by atoms with Crippen LogP contribution < -0.4 is 0 Å². The molecule has 1 heterocycles. The summed E-state index contributed by atoms with van der Waals surface area (Å²) in [4.78, 5) is 13.3. The van der Waals surface area contributed by atoms with E-state index < -0.39 is 5.54 Å². The number of ketones is 1. The maximum absolute atomic E-state index is 13.3. The van der Waals surface area contributed by atoms with Crippen LogP contribution in [0.5, 0.6) is 11.5 Å². The highest BCUT2D eigenvalue weighted by Crippen LogP contribution is 2.49. The van der Waals surface area contributed by atoms with Crippen molar-refractivity contribution in [1.82, 2.24) is 0 Å². The molecule has 4 rings (SSSR count). The van der Waals surface area contributed by atoms with Gasteiger partial charge in [0.05, 0.1) is 17.3 Å². The molecule has 1 aliphatic rings.